The maximum atomic E-state index is 5.90. The number of anilines is 1. The number of hydrogen-bond acceptors (Lipinski definition) is 3. The Morgan fingerprint density at radius 1 is 1.32 bits per heavy atom. The molecule has 2 aliphatic carbocycles. The number of nitrogens with two attached hydrogens (primary N) is 1. The summed E-state index contributed by atoms with van der Waals surface area (Å²) in [5, 5.41) is 3.97. The maximum absolute atomic E-state index is 5.90. The number of hydrogen-bond donors (Lipinski definition) is 1. The Morgan fingerprint density at radius 3 is 3.00 bits per heavy atom. The van der Waals surface area contributed by atoms with Gasteiger partial charge in [-0.2, -0.15) is 0 Å². The number of nitrogens with zero attached hydrogens (tertiary/aromatic N) is 1. The third-order valence-electron chi connectivity index (χ3n) is 4.84. The first-order chi connectivity index (χ1) is 9.31. The summed E-state index contributed by atoms with van der Waals surface area (Å²) in [5.74, 6) is 3.49. The van der Waals surface area contributed by atoms with E-state index < -0.39 is 0 Å². The van der Waals surface area contributed by atoms with Gasteiger partial charge in [0.2, 0.25) is 0 Å². The van der Waals surface area contributed by atoms with Crippen LogP contribution >= 0.6 is 0 Å². The SMILES string of the molecule is CCc1c(N)noc1C1C2CCc3ccccc3C21. The quantitative estimate of drug-likeness (QED) is 0.895. The third kappa shape index (κ3) is 1.47. The highest BCUT2D eigenvalue weighted by atomic mass is 16.5. The molecule has 3 nitrogen and oxygen atoms in total. The number of benzene rings is 1. The molecule has 2 N–H and O–H groups in total. The predicted molar refractivity (Wildman–Crippen MR) is 74.0 cm³/mol. The van der Waals surface area contributed by atoms with E-state index in [2.05, 4.69) is 36.3 Å². The van der Waals surface area contributed by atoms with E-state index in [0.29, 0.717) is 17.7 Å². The lowest BCUT2D eigenvalue weighted by Crippen LogP contribution is -2.00. The van der Waals surface area contributed by atoms with Gasteiger partial charge in [-0.05, 0) is 42.2 Å². The summed E-state index contributed by atoms with van der Waals surface area (Å²) in [6, 6.07) is 8.82. The van der Waals surface area contributed by atoms with Gasteiger partial charge in [-0.3, -0.25) is 0 Å². The van der Waals surface area contributed by atoms with Crippen molar-refractivity contribution in [2.24, 2.45) is 5.92 Å². The summed E-state index contributed by atoms with van der Waals surface area (Å²) in [4.78, 5) is 0. The van der Waals surface area contributed by atoms with Gasteiger partial charge in [0.25, 0.3) is 0 Å². The number of aromatic nitrogens is 1. The van der Waals surface area contributed by atoms with Crippen molar-refractivity contribution < 1.29 is 4.52 Å². The summed E-state index contributed by atoms with van der Waals surface area (Å²) in [7, 11) is 0. The molecule has 0 amide bonds. The molecule has 1 fully saturated rings. The maximum Gasteiger partial charge on any atom is 0.170 e. The van der Waals surface area contributed by atoms with Gasteiger partial charge in [0.05, 0.1) is 0 Å². The van der Waals surface area contributed by atoms with Gasteiger partial charge in [0.15, 0.2) is 5.82 Å². The minimum absolute atomic E-state index is 0.503. The van der Waals surface area contributed by atoms with Gasteiger partial charge in [0.1, 0.15) is 5.76 Å². The lowest BCUT2D eigenvalue weighted by atomic mass is 9.92. The van der Waals surface area contributed by atoms with Crippen LogP contribution in [0.2, 0.25) is 0 Å². The molecule has 3 unspecified atom stereocenters. The molecular weight excluding hydrogens is 236 g/mol. The van der Waals surface area contributed by atoms with E-state index in [9.17, 15) is 0 Å². The lowest BCUT2D eigenvalue weighted by Gasteiger charge is -2.13. The third-order valence-corrected chi connectivity index (χ3v) is 4.84. The monoisotopic (exact) mass is 254 g/mol. The number of fused-ring (bicyclic) bond motifs is 3. The van der Waals surface area contributed by atoms with Crippen LogP contribution in [0.15, 0.2) is 28.8 Å². The number of aryl methyl sites for hydroxylation is 1. The van der Waals surface area contributed by atoms with Crippen molar-refractivity contribution in [3.05, 3.63) is 46.7 Å². The second-order valence-corrected chi connectivity index (χ2v) is 5.72. The zero-order valence-electron chi connectivity index (χ0n) is 11.1. The van der Waals surface area contributed by atoms with Crippen LogP contribution < -0.4 is 5.73 Å². The molecule has 0 saturated heterocycles. The standard InChI is InChI=1S/C16H18N2O/c1-2-10-15(19-18-16(10)17)14-12-8-7-9-5-3-4-6-11(9)13(12)14/h3-6,12-14H,2,7-8H2,1H3,(H2,17,18). The fraction of sp³-hybridized carbons (Fsp3) is 0.438. The first-order valence-corrected chi connectivity index (χ1v) is 7.13. The fourth-order valence-corrected chi connectivity index (χ4v) is 3.88. The summed E-state index contributed by atoms with van der Waals surface area (Å²) >= 11 is 0. The fourth-order valence-electron chi connectivity index (χ4n) is 3.88. The van der Waals surface area contributed by atoms with Gasteiger partial charge in [-0.15, -0.1) is 0 Å². The minimum Gasteiger partial charge on any atom is -0.381 e. The van der Waals surface area contributed by atoms with Crippen LogP contribution in [0.25, 0.3) is 0 Å². The van der Waals surface area contributed by atoms with Crippen molar-refractivity contribution >= 4 is 5.82 Å². The molecule has 0 bridgehead atoms. The van der Waals surface area contributed by atoms with Crippen LogP contribution in [-0.2, 0) is 12.8 Å². The van der Waals surface area contributed by atoms with Gasteiger partial charge in [-0.25, -0.2) is 0 Å². The normalized spacial score (nSPS) is 27.7. The van der Waals surface area contributed by atoms with Crippen LogP contribution in [0.3, 0.4) is 0 Å². The Hall–Kier alpha value is -1.77. The zero-order valence-corrected chi connectivity index (χ0v) is 11.1. The van der Waals surface area contributed by atoms with Crippen LogP contribution in [0.4, 0.5) is 5.82 Å². The second kappa shape index (κ2) is 3.86. The summed E-state index contributed by atoms with van der Waals surface area (Å²) in [6.07, 6.45) is 3.36. The van der Waals surface area contributed by atoms with Gasteiger partial charge < -0.3 is 10.3 Å². The first kappa shape index (κ1) is 11.1. The summed E-state index contributed by atoms with van der Waals surface area (Å²) in [6.45, 7) is 2.12. The van der Waals surface area contributed by atoms with E-state index in [0.717, 1.165) is 23.7 Å². The molecule has 1 saturated carbocycles. The summed E-state index contributed by atoms with van der Waals surface area (Å²) < 4.78 is 5.54. The minimum atomic E-state index is 0.503. The average Bonchev–Trinajstić information content (AvgIpc) is 3.07. The highest BCUT2D eigenvalue weighted by molar-refractivity contribution is 5.49. The predicted octanol–water partition coefficient (Wildman–Crippen LogP) is 3.26. The Balaban J connectivity index is 1.74. The van der Waals surface area contributed by atoms with E-state index >= 15 is 0 Å². The molecule has 3 atom stereocenters. The van der Waals surface area contributed by atoms with Crippen molar-refractivity contribution in [3.63, 3.8) is 0 Å². The van der Waals surface area contributed by atoms with Crippen molar-refractivity contribution in [2.45, 2.75) is 38.0 Å². The Labute approximate surface area is 112 Å². The van der Waals surface area contributed by atoms with Gasteiger partial charge in [-0.1, -0.05) is 36.3 Å². The molecule has 1 heterocycles. The molecule has 0 aliphatic heterocycles. The van der Waals surface area contributed by atoms with Crippen LogP contribution in [0.5, 0.6) is 0 Å². The van der Waals surface area contributed by atoms with Crippen molar-refractivity contribution in [1.82, 2.24) is 5.16 Å². The van der Waals surface area contributed by atoms with E-state index in [4.69, 9.17) is 10.3 Å². The molecular formula is C16H18N2O. The van der Waals surface area contributed by atoms with E-state index in [1.807, 2.05) is 0 Å². The van der Waals surface area contributed by atoms with Crippen molar-refractivity contribution in [1.29, 1.82) is 0 Å². The zero-order chi connectivity index (χ0) is 13.0. The smallest absolute Gasteiger partial charge is 0.170 e. The van der Waals surface area contributed by atoms with Crippen LogP contribution in [0.1, 0.15) is 47.6 Å². The molecule has 0 spiro atoms. The Morgan fingerprint density at radius 2 is 2.16 bits per heavy atom. The Kier molecular flexibility index (Phi) is 2.25. The topological polar surface area (TPSA) is 52.0 Å². The van der Waals surface area contributed by atoms with Crippen LogP contribution in [-0.4, -0.2) is 5.16 Å². The molecule has 2 aromatic rings. The average molecular weight is 254 g/mol. The lowest BCUT2D eigenvalue weighted by molar-refractivity contribution is 0.380. The van der Waals surface area contributed by atoms with Crippen molar-refractivity contribution in [3.8, 4) is 0 Å². The number of rotatable bonds is 2. The molecule has 19 heavy (non-hydrogen) atoms. The molecule has 4 rings (SSSR count). The highest BCUT2D eigenvalue weighted by Gasteiger charge is 2.56. The molecule has 3 heteroatoms. The largest absolute Gasteiger partial charge is 0.381 e. The Bertz CT molecular complexity index is 631. The second-order valence-electron chi connectivity index (χ2n) is 5.72. The van der Waals surface area contributed by atoms with E-state index in [1.165, 1.54) is 24.0 Å². The van der Waals surface area contributed by atoms with E-state index in [-0.39, 0.29) is 0 Å². The van der Waals surface area contributed by atoms with Gasteiger partial charge in [0, 0.05) is 11.5 Å². The molecule has 2 aliphatic rings. The van der Waals surface area contributed by atoms with Gasteiger partial charge >= 0.3 is 0 Å². The molecule has 98 valence electrons. The molecule has 0 radical (unpaired) electrons. The first-order valence-electron chi connectivity index (χ1n) is 7.13. The van der Waals surface area contributed by atoms with E-state index in [1.54, 1.807) is 0 Å². The molecule has 1 aromatic heterocycles. The summed E-state index contributed by atoms with van der Waals surface area (Å²) in [5.41, 5.74) is 10.0. The highest BCUT2D eigenvalue weighted by Crippen LogP contribution is 2.65. The number of nitrogen functional groups attached to an aromatic ring is 1. The van der Waals surface area contributed by atoms with Crippen LogP contribution in [0, 0.1) is 5.92 Å². The van der Waals surface area contributed by atoms with Crippen molar-refractivity contribution in [2.75, 3.05) is 5.73 Å². The molecule has 1 aromatic carbocycles.